The SMILES string of the molecule is CN1/C(=C/C=C2C=C(/C=C/C3=[N+](C)c4ccc5ccccc5c4C3(C)C)C=CC/2=O)C(C)(C)c2c1ccc1ccccc21. The molecule has 0 spiro atoms. The van der Waals surface area contributed by atoms with Gasteiger partial charge in [0.1, 0.15) is 7.05 Å². The summed E-state index contributed by atoms with van der Waals surface area (Å²) in [5.74, 6) is 0.0280. The first-order valence-corrected chi connectivity index (χ1v) is 15.0. The van der Waals surface area contributed by atoms with Crippen molar-refractivity contribution in [2.75, 3.05) is 19.0 Å². The molecule has 3 nitrogen and oxygen atoms in total. The molecule has 0 bridgehead atoms. The van der Waals surface area contributed by atoms with E-state index in [1.807, 2.05) is 18.2 Å². The second-order valence-corrected chi connectivity index (χ2v) is 13.0. The lowest BCUT2D eigenvalue weighted by Crippen LogP contribution is -2.26. The normalized spacial score (nSPS) is 20.7. The fourth-order valence-corrected chi connectivity index (χ4v) is 7.53. The van der Waals surface area contributed by atoms with E-state index in [1.165, 1.54) is 55.5 Å². The Morgan fingerprint density at radius 2 is 1.37 bits per heavy atom. The van der Waals surface area contributed by atoms with Crippen molar-refractivity contribution in [3.63, 3.8) is 0 Å². The van der Waals surface area contributed by atoms with Gasteiger partial charge in [-0.15, -0.1) is 0 Å². The molecule has 7 rings (SSSR count). The number of fused-ring (bicyclic) bond motifs is 6. The van der Waals surface area contributed by atoms with Crippen molar-refractivity contribution in [3.05, 3.63) is 143 Å². The number of carbonyl (C=O) groups excluding carboxylic acids is 1. The lowest BCUT2D eigenvalue weighted by atomic mass is 9.79. The number of nitrogens with zero attached hydrogens (tertiary/aromatic N) is 2. The monoisotopic (exact) mass is 561 g/mol. The molecule has 1 aliphatic carbocycles. The molecule has 0 aromatic heterocycles. The molecule has 3 heteroatoms. The van der Waals surface area contributed by atoms with Crippen molar-refractivity contribution in [1.82, 2.24) is 0 Å². The quantitative estimate of drug-likeness (QED) is 0.184. The van der Waals surface area contributed by atoms with Gasteiger partial charge in [-0.25, -0.2) is 0 Å². The number of benzene rings is 4. The molecule has 0 fully saturated rings. The highest BCUT2D eigenvalue weighted by Crippen LogP contribution is 2.50. The zero-order valence-electron chi connectivity index (χ0n) is 25.8. The molecule has 0 N–H and O–H groups in total. The predicted molar refractivity (Wildman–Crippen MR) is 181 cm³/mol. The second kappa shape index (κ2) is 9.64. The van der Waals surface area contributed by atoms with E-state index in [0.717, 1.165) is 5.57 Å². The molecule has 0 radical (unpaired) electrons. The van der Waals surface area contributed by atoms with Crippen LogP contribution in [0.2, 0.25) is 0 Å². The molecule has 2 aliphatic heterocycles. The molecule has 4 aromatic rings. The molecule has 0 saturated carbocycles. The van der Waals surface area contributed by atoms with Gasteiger partial charge in [0, 0.05) is 47.1 Å². The standard InChI is InChI=1S/C40H37N2O/c1-39(2)35(41(5)32-20-17-27-11-7-9-13-30(27)37(32)39)23-16-26-15-22-34(43)29(25-26)19-24-36-40(3,4)38-31-14-10-8-12-28(31)18-21-33(38)42(36)6/h7-25H,1-6H3/q+1. The molecule has 0 saturated heterocycles. The molecule has 212 valence electrons. The van der Waals surface area contributed by atoms with Crippen molar-refractivity contribution in [3.8, 4) is 0 Å². The van der Waals surface area contributed by atoms with Gasteiger partial charge >= 0.3 is 0 Å². The molecule has 43 heavy (non-hydrogen) atoms. The van der Waals surface area contributed by atoms with Crippen LogP contribution in [0.25, 0.3) is 21.5 Å². The summed E-state index contributed by atoms with van der Waals surface area (Å²) in [6.45, 7) is 9.15. The number of carbonyl (C=O) groups is 1. The first-order valence-electron chi connectivity index (χ1n) is 15.0. The van der Waals surface area contributed by atoms with Crippen LogP contribution in [0, 0.1) is 0 Å². The zero-order valence-corrected chi connectivity index (χ0v) is 25.8. The van der Waals surface area contributed by atoms with Crippen LogP contribution >= 0.6 is 0 Å². The van der Waals surface area contributed by atoms with Crippen molar-refractivity contribution < 1.29 is 9.37 Å². The fourth-order valence-electron chi connectivity index (χ4n) is 7.53. The van der Waals surface area contributed by atoms with Crippen molar-refractivity contribution >= 4 is 44.4 Å². The van der Waals surface area contributed by atoms with Gasteiger partial charge in [-0.05, 0) is 89.0 Å². The first kappa shape index (κ1) is 27.1. The number of rotatable bonds is 3. The maximum Gasteiger partial charge on any atom is 0.210 e. The maximum absolute atomic E-state index is 13.0. The van der Waals surface area contributed by atoms with Gasteiger partial charge in [0.05, 0.1) is 5.41 Å². The van der Waals surface area contributed by atoms with E-state index in [4.69, 9.17) is 0 Å². The van der Waals surface area contributed by atoms with E-state index in [9.17, 15) is 4.79 Å². The average Bonchev–Trinajstić information content (AvgIpc) is 3.32. The van der Waals surface area contributed by atoms with Gasteiger partial charge in [-0.3, -0.25) is 4.79 Å². The Labute approximate surface area is 254 Å². The van der Waals surface area contributed by atoms with Crippen molar-refractivity contribution in [2.45, 2.75) is 38.5 Å². The summed E-state index contributed by atoms with van der Waals surface area (Å²) >= 11 is 0. The fraction of sp³-hybridized carbons (Fsp3) is 0.200. The lowest BCUT2D eigenvalue weighted by Gasteiger charge is -2.24. The Balaban J connectivity index is 1.22. The van der Waals surface area contributed by atoms with Gasteiger partial charge in [0.25, 0.3) is 0 Å². The predicted octanol–water partition coefficient (Wildman–Crippen LogP) is 8.86. The third-order valence-corrected chi connectivity index (χ3v) is 9.68. The second-order valence-electron chi connectivity index (χ2n) is 13.0. The number of likely N-dealkylation sites (N-methyl/N-ethyl adjacent to an activating group) is 1. The van der Waals surface area contributed by atoms with Crippen LogP contribution in [0.5, 0.6) is 0 Å². The van der Waals surface area contributed by atoms with E-state index >= 15 is 0 Å². The molecular weight excluding hydrogens is 524 g/mol. The third kappa shape index (κ3) is 4.10. The van der Waals surface area contributed by atoms with Crippen LogP contribution in [-0.4, -0.2) is 30.2 Å². The van der Waals surface area contributed by atoms with Gasteiger partial charge in [-0.1, -0.05) is 74.5 Å². The summed E-state index contributed by atoms with van der Waals surface area (Å²) in [7, 11) is 4.27. The summed E-state index contributed by atoms with van der Waals surface area (Å²) in [5, 5.41) is 5.10. The lowest BCUT2D eigenvalue weighted by molar-refractivity contribution is -0.401. The highest BCUT2D eigenvalue weighted by Gasteiger charge is 2.44. The highest BCUT2D eigenvalue weighted by atomic mass is 16.1. The van der Waals surface area contributed by atoms with E-state index < -0.39 is 0 Å². The summed E-state index contributed by atoms with van der Waals surface area (Å²) in [5.41, 5.74) is 8.92. The van der Waals surface area contributed by atoms with Crippen LogP contribution in [0.3, 0.4) is 0 Å². The van der Waals surface area contributed by atoms with Gasteiger partial charge < -0.3 is 4.90 Å². The zero-order chi connectivity index (χ0) is 30.1. The summed E-state index contributed by atoms with van der Waals surface area (Å²) < 4.78 is 2.30. The van der Waals surface area contributed by atoms with E-state index in [0.29, 0.717) is 5.57 Å². The Morgan fingerprint density at radius 1 is 0.721 bits per heavy atom. The van der Waals surface area contributed by atoms with Crippen LogP contribution in [0.15, 0.2) is 132 Å². The molecule has 0 amide bonds. The maximum atomic E-state index is 13.0. The Hall–Kier alpha value is -4.76. The van der Waals surface area contributed by atoms with E-state index in [-0.39, 0.29) is 16.6 Å². The molecule has 0 unspecified atom stereocenters. The highest BCUT2D eigenvalue weighted by molar-refractivity contribution is 6.10. The minimum atomic E-state index is -0.198. The Kier molecular flexibility index (Phi) is 6.07. The smallest absolute Gasteiger partial charge is 0.210 e. The third-order valence-electron chi connectivity index (χ3n) is 9.68. The number of anilines is 1. The summed E-state index contributed by atoms with van der Waals surface area (Å²) in [6, 6.07) is 26.1. The van der Waals surface area contributed by atoms with Crippen molar-refractivity contribution in [1.29, 1.82) is 0 Å². The molecule has 2 heterocycles. The van der Waals surface area contributed by atoms with Crippen LogP contribution in [0.4, 0.5) is 11.4 Å². The van der Waals surface area contributed by atoms with Gasteiger partial charge in [-0.2, -0.15) is 4.58 Å². The van der Waals surface area contributed by atoms with Crippen molar-refractivity contribution in [2.24, 2.45) is 0 Å². The molecule has 0 atom stereocenters. The van der Waals surface area contributed by atoms with E-state index in [2.05, 4.69) is 142 Å². The van der Waals surface area contributed by atoms with Crippen LogP contribution in [-0.2, 0) is 15.6 Å². The Morgan fingerprint density at radius 3 is 2.09 bits per heavy atom. The minimum Gasteiger partial charge on any atom is -0.347 e. The summed E-state index contributed by atoms with van der Waals surface area (Å²) in [6.07, 6.45) is 14.1. The van der Waals surface area contributed by atoms with Gasteiger partial charge in [0.15, 0.2) is 11.5 Å². The number of ketones is 1. The first-order chi connectivity index (χ1) is 20.6. The average molecular weight is 562 g/mol. The van der Waals surface area contributed by atoms with Crippen LogP contribution < -0.4 is 4.90 Å². The minimum absolute atomic E-state index is 0.0280. The van der Waals surface area contributed by atoms with Gasteiger partial charge in [0.2, 0.25) is 5.69 Å². The van der Waals surface area contributed by atoms with E-state index in [1.54, 1.807) is 6.08 Å². The molecular formula is C40H37N2O+. The molecule has 3 aliphatic rings. The number of hydrogen-bond donors (Lipinski definition) is 0. The summed E-state index contributed by atoms with van der Waals surface area (Å²) in [4.78, 5) is 15.3. The molecule has 4 aromatic carbocycles. The number of hydrogen-bond acceptors (Lipinski definition) is 2. The largest absolute Gasteiger partial charge is 0.347 e. The van der Waals surface area contributed by atoms with Crippen LogP contribution in [0.1, 0.15) is 38.8 Å². The number of allylic oxidation sites excluding steroid dienone is 10. The Bertz CT molecular complexity index is 2060. The topological polar surface area (TPSA) is 23.3 Å².